The van der Waals surface area contributed by atoms with Gasteiger partial charge in [0.05, 0.1) is 7.11 Å². The summed E-state index contributed by atoms with van der Waals surface area (Å²) in [5.41, 5.74) is 0.869. The second-order valence-corrected chi connectivity index (χ2v) is 5.11. The standard InChI is InChI=1S/C17H29N3O2/c1-4-6-7-12-19-17(18-5-2)20-13-11-14-9-8-10-15(22-3)16(14)21/h8-10,21H,4-7,11-13H2,1-3H3,(H2,18,19,20). The molecule has 0 aliphatic carbocycles. The Labute approximate surface area is 133 Å². The van der Waals surface area contributed by atoms with Gasteiger partial charge in [0.1, 0.15) is 0 Å². The van der Waals surface area contributed by atoms with Gasteiger partial charge in [0.2, 0.25) is 0 Å². The summed E-state index contributed by atoms with van der Waals surface area (Å²) in [6.45, 7) is 6.63. The second-order valence-electron chi connectivity index (χ2n) is 5.11. The van der Waals surface area contributed by atoms with Crippen molar-refractivity contribution in [2.75, 3.05) is 26.7 Å². The maximum Gasteiger partial charge on any atom is 0.191 e. The Hall–Kier alpha value is -1.91. The molecule has 124 valence electrons. The van der Waals surface area contributed by atoms with Crippen LogP contribution >= 0.6 is 0 Å². The molecule has 0 aliphatic rings. The first-order valence-corrected chi connectivity index (χ1v) is 8.09. The van der Waals surface area contributed by atoms with E-state index in [0.29, 0.717) is 18.7 Å². The highest BCUT2D eigenvalue weighted by atomic mass is 16.5. The van der Waals surface area contributed by atoms with Crippen LogP contribution in [0.4, 0.5) is 0 Å². The number of hydrogen-bond acceptors (Lipinski definition) is 3. The van der Waals surface area contributed by atoms with Crippen LogP contribution in [0, 0.1) is 0 Å². The van der Waals surface area contributed by atoms with Gasteiger partial charge in [0.15, 0.2) is 17.5 Å². The normalized spacial score (nSPS) is 11.3. The van der Waals surface area contributed by atoms with E-state index in [0.717, 1.165) is 31.0 Å². The number of methoxy groups -OCH3 is 1. The molecule has 0 unspecified atom stereocenters. The first-order valence-electron chi connectivity index (χ1n) is 8.09. The molecule has 1 rings (SSSR count). The Morgan fingerprint density at radius 1 is 1.23 bits per heavy atom. The lowest BCUT2D eigenvalue weighted by Gasteiger charge is -2.12. The van der Waals surface area contributed by atoms with E-state index in [2.05, 4.69) is 29.5 Å². The fourth-order valence-electron chi connectivity index (χ4n) is 2.14. The molecule has 1 aromatic rings. The van der Waals surface area contributed by atoms with Crippen LogP contribution in [-0.4, -0.2) is 37.8 Å². The fraction of sp³-hybridized carbons (Fsp3) is 0.588. The molecule has 0 aromatic heterocycles. The molecule has 3 N–H and O–H groups in total. The Morgan fingerprint density at radius 2 is 2.05 bits per heavy atom. The van der Waals surface area contributed by atoms with Crippen molar-refractivity contribution < 1.29 is 9.84 Å². The highest BCUT2D eigenvalue weighted by Crippen LogP contribution is 2.29. The number of nitrogens with zero attached hydrogens (tertiary/aromatic N) is 1. The summed E-state index contributed by atoms with van der Waals surface area (Å²) in [6, 6.07) is 5.55. The number of aromatic hydroxyl groups is 1. The van der Waals surface area contributed by atoms with Crippen LogP contribution in [-0.2, 0) is 6.42 Å². The van der Waals surface area contributed by atoms with E-state index in [1.54, 1.807) is 13.2 Å². The SMILES string of the molecule is CCCCCN=C(NCC)NCCc1cccc(OC)c1O. The summed E-state index contributed by atoms with van der Waals surface area (Å²) in [5, 5.41) is 16.6. The number of phenols is 1. The van der Waals surface area contributed by atoms with E-state index >= 15 is 0 Å². The molecule has 0 radical (unpaired) electrons. The molecule has 0 saturated heterocycles. The lowest BCUT2D eigenvalue weighted by molar-refractivity contribution is 0.370. The summed E-state index contributed by atoms with van der Waals surface area (Å²) in [6.07, 6.45) is 4.24. The second kappa shape index (κ2) is 10.8. The van der Waals surface area contributed by atoms with E-state index in [1.807, 2.05) is 12.1 Å². The Balaban J connectivity index is 2.48. The van der Waals surface area contributed by atoms with E-state index in [9.17, 15) is 5.11 Å². The van der Waals surface area contributed by atoms with Crippen molar-refractivity contribution in [3.05, 3.63) is 23.8 Å². The predicted molar refractivity (Wildman–Crippen MR) is 91.9 cm³/mol. The minimum absolute atomic E-state index is 0.219. The van der Waals surface area contributed by atoms with Crippen LogP contribution in [0.3, 0.4) is 0 Å². The quantitative estimate of drug-likeness (QED) is 0.373. The van der Waals surface area contributed by atoms with Gasteiger partial charge in [-0.1, -0.05) is 31.9 Å². The van der Waals surface area contributed by atoms with Crippen LogP contribution in [0.25, 0.3) is 0 Å². The number of hydrogen-bond donors (Lipinski definition) is 3. The summed E-state index contributed by atoms with van der Waals surface area (Å²) in [4.78, 5) is 4.55. The van der Waals surface area contributed by atoms with Crippen LogP contribution in [0.5, 0.6) is 11.5 Å². The molecule has 0 atom stereocenters. The summed E-state index contributed by atoms with van der Waals surface area (Å²) < 4.78 is 5.12. The molecule has 0 spiro atoms. The molecule has 0 saturated carbocycles. The van der Waals surface area contributed by atoms with E-state index in [4.69, 9.17) is 4.74 Å². The molecule has 0 heterocycles. The summed E-state index contributed by atoms with van der Waals surface area (Å²) in [5.74, 6) is 1.57. The largest absolute Gasteiger partial charge is 0.504 e. The van der Waals surface area contributed by atoms with Crippen LogP contribution in [0.1, 0.15) is 38.7 Å². The molecule has 5 nitrogen and oxygen atoms in total. The van der Waals surface area contributed by atoms with Crippen molar-refractivity contribution in [2.45, 2.75) is 39.5 Å². The molecule has 0 amide bonds. The smallest absolute Gasteiger partial charge is 0.191 e. The summed E-state index contributed by atoms with van der Waals surface area (Å²) >= 11 is 0. The first kappa shape index (κ1) is 18.1. The van der Waals surface area contributed by atoms with Gasteiger partial charge in [-0.25, -0.2) is 0 Å². The molecule has 5 heteroatoms. The highest BCUT2D eigenvalue weighted by Gasteiger charge is 2.07. The predicted octanol–water partition coefficient (Wildman–Crippen LogP) is 2.69. The lowest BCUT2D eigenvalue weighted by atomic mass is 10.1. The highest BCUT2D eigenvalue weighted by molar-refractivity contribution is 5.79. The average molecular weight is 307 g/mol. The van der Waals surface area contributed by atoms with Crippen molar-refractivity contribution in [1.29, 1.82) is 0 Å². The van der Waals surface area contributed by atoms with Crippen molar-refractivity contribution in [1.82, 2.24) is 10.6 Å². The first-order chi connectivity index (χ1) is 10.7. The number of benzene rings is 1. The van der Waals surface area contributed by atoms with E-state index in [-0.39, 0.29) is 5.75 Å². The van der Waals surface area contributed by atoms with Gasteiger partial charge >= 0.3 is 0 Å². The fourth-order valence-corrected chi connectivity index (χ4v) is 2.14. The third kappa shape index (κ3) is 6.24. The molecule has 22 heavy (non-hydrogen) atoms. The number of rotatable bonds is 9. The Kier molecular flexibility index (Phi) is 8.88. The van der Waals surface area contributed by atoms with Gasteiger partial charge in [-0.05, 0) is 31.4 Å². The van der Waals surface area contributed by atoms with Gasteiger partial charge in [0, 0.05) is 19.6 Å². The van der Waals surface area contributed by atoms with Gasteiger partial charge < -0.3 is 20.5 Å². The molecular formula is C17H29N3O2. The van der Waals surface area contributed by atoms with Gasteiger partial charge in [-0.3, -0.25) is 4.99 Å². The minimum atomic E-state index is 0.219. The minimum Gasteiger partial charge on any atom is -0.504 e. The maximum atomic E-state index is 10.1. The zero-order valence-corrected chi connectivity index (χ0v) is 14.0. The Morgan fingerprint density at radius 3 is 2.73 bits per heavy atom. The zero-order valence-electron chi connectivity index (χ0n) is 14.0. The molecule has 1 aromatic carbocycles. The third-order valence-corrected chi connectivity index (χ3v) is 3.37. The zero-order chi connectivity index (χ0) is 16.2. The van der Waals surface area contributed by atoms with Crippen LogP contribution < -0.4 is 15.4 Å². The number of ether oxygens (including phenoxy) is 1. The van der Waals surface area contributed by atoms with Gasteiger partial charge in [0.25, 0.3) is 0 Å². The van der Waals surface area contributed by atoms with Crippen molar-refractivity contribution in [3.63, 3.8) is 0 Å². The summed E-state index contributed by atoms with van der Waals surface area (Å²) in [7, 11) is 1.56. The van der Waals surface area contributed by atoms with Crippen molar-refractivity contribution >= 4 is 5.96 Å². The number of unbranched alkanes of at least 4 members (excludes halogenated alkanes) is 2. The van der Waals surface area contributed by atoms with E-state index in [1.165, 1.54) is 12.8 Å². The topological polar surface area (TPSA) is 65.9 Å². The molecule has 0 fully saturated rings. The van der Waals surface area contributed by atoms with Crippen molar-refractivity contribution in [2.24, 2.45) is 4.99 Å². The number of para-hydroxylation sites is 1. The number of nitrogens with one attached hydrogen (secondary N) is 2. The number of phenolic OH excluding ortho intramolecular Hbond substituents is 1. The maximum absolute atomic E-state index is 10.1. The van der Waals surface area contributed by atoms with Crippen LogP contribution in [0.15, 0.2) is 23.2 Å². The van der Waals surface area contributed by atoms with Crippen LogP contribution in [0.2, 0.25) is 0 Å². The van der Waals surface area contributed by atoms with Crippen molar-refractivity contribution in [3.8, 4) is 11.5 Å². The number of guanidine groups is 1. The van der Waals surface area contributed by atoms with E-state index < -0.39 is 0 Å². The molecule has 0 bridgehead atoms. The monoisotopic (exact) mass is 307 g/mol. The third-order valence-electron chi connectivity index (χ3n) is 3.37. The Bertz CT molecular complexity index is 461. The van der Waals surface area contributed by atoms with Gasteiger partial charge in [-0.15, -0.1) is 0 Å². The molecular weight excluding hydrogens is 278 g/mol. The number of aliphatic imine (C=N–C) groups is 1. The average Bonchev–Trinajstić information content (AvgIpc) is 2.53. The lowest BCUT2D eigenvalue weighted by Crippen LogP contribution is -2.38. The molecule has 0 aliphatic heterocycles. The van der Waals surface area contributed by atoms with Gasteiger partial charge in [-0.2, -0.15) is 0 Å².